The van der Waals surface area contributed by atoms with Crippen molar-refractivity contribution < 1.29 is 9.84 Å². The van der Waals surface area contributed by atoms with Gasteiger partial charge in [0.15, 0.2) is 0 Å². The van der Waals surface area contributed by atoms with E-state index in [2.05, 4.69) is 20.8 Å². The highest BCUT2D eigenvalue weighted by Crippen LogP contribution is 2.65. The van der Waals surface area contributed by atoms with E-state index in [1.165, 1.54) is 19.3 Å². The molecule has 2 heteroatoms. The summed E-state index contributed by atoms with van der Waals surface area (Å²) in [6.07, 6.45) is 6.67. The minimum Gasteiger partial charge on any atom is -0.393 e. The van der Waals surface area contributed by atoms with Crippen LogP contribution in [0.15, 0.2) is 0 Å². The molecule has 0 aromatic rings. The van der Waals surface area contributed by atoms with Crippen molar-refractivity contribution in [3.63, 3.8) is 0 Å². The van der Waals surface area contributed by atoms with E-state index >= 15 is 0 Å². The maximum Gasteiger partial charge on any atom is 0.0716 e. The van der Waals surface area contributed by atoms with Gasteiger partial charge in [-0.1, -0.05) is 20.8 Å². The third-order valence-corrected chi connectivity index (χ3v) is 6.69. The van der Waals surface area contributed by atoms with Crippen LogP contribution in [0.2, 0.25) is 0 Å². The van der Waals surface area contributed by atoms with Gasteiger partial charge in [-0.2, -0.15) is 0 Å². The number of rotatable bonds is 1. The molecule has 2 bridgehead atoms. The Morgan fingerprint density at radius 1 is 1.06 bits per heavy atom. The SMILES string of the molecule is CO[C@@]12CCC(O)[C@@](C)(CC[C@@H]3[C@@H]1CC3(C)C)C2. The fourth-order valence-electron chi connectivity index (χ4n) is 5.39. The van der Waals surface area contributed by atoms with Crippen molar-refractivity contribution in [3.8, 4) is 0 Å². The minimum atomic E-state index is -0.124. The summed E-state index contributed by atoms with van der Waals surface area (Å²) in [5.41, 5.74) is 0.626. The van der Waals surface area contributed by atoms with Gasteiger partial charge < -0.3 is 9.84 Å². The van der Waals surface area contributed by atoms with Crippen molar-refractivity contribution in [3.05, 3.63) is 0 Å². The Morgan fingerprint density at radius 3 is 2.39 bits per heavy atom. The Morgan fingerprint density at radius 2 is 1.78 bits per heavy atom. The molecule has 1 N–H and O–H groups in total. The highest BCUT2D eigenvalue weighted by atomic mass is 16.5. The maximum atomic E-state index is 10.4. The van der Waals surface area contributed by atoms with Crippen molar-refractivity contribution in [1.82, 2.24) is 0 Å². The lowest BCUT2D eigenvalue weighted by atomic mass is 9.49. The number of hydrogen-bond acceptors (Lipinski definition) is 2. The zero-order chi connectivity index (χ0) is 13.2. The molecule has 1 unspecified atom stereocenters. The Bertz CT molecular complexity index is 351. The summed E-state index contributed by atoms with van der Waals surface area (Å²) in [4.78, 5) is 0. The fraction of sp³-hybridized carbons (Fsp3) is 1.00. The van der Waals surface area contributed by atoms with Gasteiger partial charge in [0.2, 0.25) is 0 Å². The average Bonchev–Trinajstić information content (AvgIpc) is 2.39. The quantitative estimate of drug-likeness (QED) is 0.775. The smallest absolute Gasteiger partial charge is 0.0716 e. The first kappa shape index (κ1) is 12.9. The second-order valence-electron chi connectivity index (χ2n) is 8.10. The van der Waals surface area contributed by atoms with E-state index in [1.807, 2.05) is 7.11 Å². The summed E-state index contributed by atoms with van der Waals surface area (Å²) < 4.78 is 6.06. The lowest BCUT2D eigenvalue weighted by molar-refractivity contribution is -0.192. The number of aliphatic hydroxyl groups excluding tert-OH is 1. The van der Waals surface area contributed by atoms with Gasteiger partial charge in [-0.25, -0.2) is 0 Å². The average molecular weight is 252 g/mol. The Labute approximate surface area is 111 Å². The molecular formula is C16H28O2. The molecule has 0 amide bonds. The molecule has 3 fully saturated rings. The predicted octanol–water partition coefficient (Wildman–Crippen LogP) is 3.38. The summed E-state index contributed by atoms with van der Waals surface area (Å²) >= 11 is 0. The van der Waals surface area contributed by atoms with Crippen LogP contribution in [0, 0.1) is 22.7 Å². The van der Waals surface area contributed by atoms with Crippen LogP contribution < -0.4 is 0 Å². The molecule has 104 valence electrons. The summed E-state index contributed by atoms with van der Waals surface area (Å²) in [5.74, 6) is 1.52. The zero-order valence-corrected chi connectivity index (χ0v) is 12.3. The molecular weight excluding hydrogens is 224 g/mol. The molecule has 0 aromatic carbocycles. The molecule has 3 aliphatic rings. The second-order valence-corrected chi connectivity index (χ2v) is 8.10. The van der Waals surface area contributed by atoms with Gasteiger partial charge in [0.05, 0.1) is 11.7 Å². The molecule has 3 rings (SSSR count). The highest BCUT2D eigenvalue weighted by molar-refractivity contribution is 5.12. The molecule has 0 heterocycles. The molecule has 0 aromatic heterocycles. The standard InChI is InChI=1S/C16H28O2/c1-14(2)9-12-11(14)5-7-15(3)10-16(12,18-4)8-6-13(15)17/h11-13,17H,5-10H2,1-4H3/t11-,12+,13?,15+,16-/m1/s1. The van der Waals surface area contributed by atoms with Crippen molar-refractivity contribution in [1.29, 1.82) is 0 Å². The number of hydrogen-bond donors (Lipinski definition) is 1. The molecule has 3 saturated carbocycles. The number of fused-ring (bicyclic) bond motifs is 4. The Hall–Kier alpha value is -0.0800. The van der Waals surface area contributed by atoms with Crippen molar-refractivity contribution >= 4 is 0 Å². The minimum absolute atomic E-state index is 0.0602. The maximum absolute atomic E-state index is 10.4. The van der Waals surface area contributed by atoms with Gasteiger partial charge in [0, 0.05) is 7.11 Å². The first-order chi connectivity index (χ1) is 8.33. The lowest BCUT2D eigenvalue weighted by Gasteiger charge is -2.59. The van der Waals surface area contributed by atoms with E-state index in [4.69, 9.17) is 4.74 Å². The molecule has 0 spiro atoms. The second kappa shape index (κ2) is 3.73. The highest BCUT2D eigenvalue weighted by Gasteiger charge is 2.62. The molecule has 18 heavy (non-hydrogen) atoms. The van der Waals surface area contributed by atoms with E-state index < -0.39 is 0 Å². The van der Waals surface area contributed by atoms with Crippen LogP contribution in [0.3, 0.4) is 0 Å². The van der Waals surface area contributed by atoms with Gasteiger partial charge in [-0.05, 0) is 61.2 Å². The molecule has 0 aliphatic heterocycles. The fourth-order valence-corrected chi connectivity index (χ4v) is 5.39. The van der Waals surface area contributed by atoms with E-state index in [0.29, 0.717) is 5.41 Å². The molecule has 0 saturated heterocycles. The van der Waals surface area contributed by atoms with Gasteiger partial charge in [-0.15, -0.1) is 0 Å². The van der Waals surface area contributed by atoms with Crippen molar-refractivity contribution in [2.45, 2.75) is 71.0 Å². The van der Waals surface area contributed by atoms with Gasteiger partial charge >= 0.3 is 0 Å². The van der Waals surface area contributed by atoms with Crippen LogP contribution in [0.4, 0.5) is 0 Å². The van der Waals surface area contributed by atoms with Gasteiger partial charge in [0.25, 0.3) is 0 Å². The van der Waals surface area contributed by atoms with E-state index in [9.17, 15) is 5.11 Å². The summed E-state index contributed by atoms with van der Waals surface area (Å²) in [7, 11) is 1.89. The van der Waals surface area contributed by atoms with Crippen LogP contribution in [-0.2, 0) is 4.74 Å². The molecule has 5 atom stereocenters. The van der Waals surface area contributed by atoms with Crippen LogP contribution >= 0.6 is 0 Å². The first-order valence-electron chi connectivity index (χ1n) is 7.56. The van der Waals surface area contributed by atoms with Gasteiger partial charge in [0.1, 0.15) is 0 Å². The zero-order valence-electron chi connectivity index (χ0n) is 12.3. The topological polar surface area (TPSA) is 29.5 Å². The van der Waals surface area contributed by atoms with E-state index in [1.54, 1.807) is 0 Å². The monoisotopic (exact) mass is 252 g/mol. The predicted molar refractivity (Wildman–Crippen MR) is 72.3 cm³/mol. The lowest BCUT2D eigenvalue weighted by Crippen LogP contribution is -2.58. The molecule has 3 aliphatic carbocycles. The van der Waals surface area contributed by atoms with Crippen molar-refractivity contribution in [2.24, 2.45) is 22.7 Å². The summed E-state index contributed by atoms with van der Waals surface area (Å²) in [6.45, 7) is 7.10. The summed E-state index contributed by atoms with van der Waals surface area (Å²) in [6, 6.07) is 0. The van der Waals surface area contributed by atoms with Gasteiger partial charge in [-0.3, -0.25) is 0 Å². The molecule has 2 nitrogen and oxygen atoms in total. The summed E-state index contributed by atoms with van der Waals surface area (Å²) in [5, 5.41) is 10.4. The Balaban J connectivity index is 1.96. The largest absolute Gasteiger partial charge is 0.393 e. The molecule has 0 radical (unpaired) electrons. The number of methoxy groups -OCH3 is 1. The van der Waals surface area contributed by atoms with E-state index in [0.717, 1.165) is 31.1 Å². The third-order valence-electron chi connectivity index (χ3n) is 6.69. The van der Waals surface area contributed by atoms with Crippen LogP contribution in [0.5, 0.6) is 0 Å². The normalized spacial score (nSPS) is 54.2. The van der Waals surface area contributed by atoms with Crippen LogP contribution in [-0.4, -0.2) is 23.9 Å². The first-order valence-corrected chi connectivity index (χ1v) is 7.56. The van der Waals surface area contributed by atoms with Crippen LogP contribution in [0.25, 0.3) is 0 Å². The van der Waals surface area contributed by atoms with E-state index in [-0.39, 0.29) is 17.1 Å². The van der Waals surface area contributed by atoms with Crippen molar-refractivity contribution in [2.75, 3.05) is 7.11 Å². The number of ether oxygens (including phenoxy) is 1. The number of aliphatic hydroxyl groups is 1. The van der Waals surface area contributed by atoms with Crippen LogP contribution in [0.1, 0.15) is 59.3 Å². The Kier molecular flexibility index (Phi) is 2.68. The third kappa shape index (κ3) is 1.54.